The Labute approximate surface area is 79.2 Å². The highest BCUT2D eigenvalue weighted by Crippen LogP contribution is 2.08. The number of aromatic nitrogens is 2. The summed E-state index contributed by atoms with van der Waals surface area (Å²) in [7, 11) is 0. The van der Waals surface area contributed by atoms with Gasteiger partial charge < -0.3 is 9.88 Å². The quantitative estimate of drug-likeness (QED) is 0.755. The Hall–Kier alpha value is -0.830. The van der Waals surface area contributed by atoms with Gasteiger partial charge in [-0.25, -0.2) is 4.98 Å². The molecule has 1 aromatic heterocycles. The molecule has 0 atom stereocenters. The van der Waals surface area contributed by atoms with Crippen molar-refractivity contribution in [3.05, 3.63) is 18.2 Å². The molecule has 13 heavy (non-hydrogen) atoms. The number of hydrogen-bond donors (Lipinski definition) is 1. The van der Waals surface area contributed by atoms with Crippen molar-refractivity contribution in [2.75, 3.05) is 19.6 Å². The van der Waals surface area contributed by atoms with E-state index in [1.165, 1.54) is 32.4 Å². The lowest BCUT2D eigenvalue weighted by Gasteiger charge is -2.25. The minimum absolute atomic E-state index is 1.03. The predicted octanol–water partition coefficient (Wildman–Crippen LogP) is 1.24. The highest BCUT2D eigenvalue weighted by Gasteiger charge is 2.09. The van der Waals surface area contributed by atoms with Crippen molar-refractivity contribution in [3.8, 4) is 0 Å². The first-order valence-electron chi connectivity index (χ1n) is 5.08. The molecule has 0 spiro atoms. The van der Waals surface area contributed by atoms with Crippen LogP contribution in [0.1, 0.15) is 25.1 Å². The molecule has 0 unspecified atom stereocenters. The number of likely N-dealkylation sites (tertiary alicyclic amines) is 1. The first-order valence-corrected chi connectivity index (χ1v) is 5.08. The average molecular weight is 178 g/mol. The molecular weight excluding hydrogens is 162 g/mol. The Morgan fingerprint density at radius 3 is 2.92 bits per heavy atom. The van der Waals surface area contributed by atoms with Gasteiger partial charge in [0.25, 0.3) is 0 Å². The monoisotopic (exact) mass is 178 g/mol. The maximum Gasteiger partial charge on any atom is 0.108 e. The van der Waals surface area contributed by atoms with Gasteiger partial charge in [0.2, 0.25) is 0 Å². The predicted molar refractivity (Wildman–Crippen MR) is 51.4 cm³/mol. The van der Waals surface area contributed by atoms with Crippen LogP contribution in [-0.4, -0.2) is 34.5 Å². The summed E-state index contributed by atoms with van der Waals surface area (Å²) in [5.41, 5.74) is 0. The van der Waals surface area contributed by atoms with Crippen LogP contribution < -0.4 is 0 Å². The van der Waals surface area contributed by atoms with E-state index in [0.29, 0.717) is 0 Å². The molecule has 71 valence electrons. The normalized spacial score (nSPS) is 19.1. The summed E-state index contributed by atoms with van der Waals surface area (Å²) < 4.78 is 0. The molecule has 0 aromatic carbocycles. The molecule has 2 rings (SSSR count). The van der Waals surface area contributed by atoms with Crippen molar-refractivity contribution in [1.29, 1.82) is 0 Å². The van der Waals surface area contributed by atoms with Crippen LogP contribution in [0.5, 0.6) is 0 Å². The summed E-state index contributed by atoms with van der Waals surface area (Å²) in [6, 6.07) is 0. The summed E-state index contributed by atoms with van der Waals surface area (Å²) in [6.07, 6.45) is 9.73. The van der Waals surface area contributed by atoms with Gasteiger partial charge in [-0.3, -0.25) is 0 Å². The van der Waals surface area contributed by atoms with Gasteiger partial charge in [0.1, 0.15) is 12.0 Å². The van der Waals surface area contributed by atoms with E-state index in [9.17, 15) is 0 Å². The molecule has 1 fully saturated rings. The third kappa shape index (κ3) is 2.56. The van der Waals surface area contributed by atoms with E-state index < -0.39 is 0 Å². The molecule has 2 heterocycles. The molecule has 3 heteroatoms. The van der Waals surface area contributed by atoms with Crippen LogP contribution in [0.4, 0.5) is 0 Å². The minimum atomic E-state index is 1.03. The van der Waals surface area contributed by atoms with Crippen molar-refractivity contribution in [1.82, 2.24) is 14.9 Å². The van der Waals surface area contributed by atoms with Gasteiger partial charge in [-0.15, -0.1) is 0 Å². The number of aromatic amines is 1. The lowest BCUT2D eigenvalue weighted by Crippen LogP contribution is -2.31. The fraction of sp³-hybridized carbons (Fsp3) is 0.700. The smallest absolute Gasteiger partial charge is 0.108 e. The van der Waals surface area contributed by atoms with Crippen LogP contribution in [0.15, 0.2) is 6.20 Å². The number of hydrogen-bond acceptors (Lipinski definition) is 2. The van der Waals surface area contributed by atoms with E-state index in [1.807, 2.05) is 0 Å². The second-order valence-corrected chi connectivity index (χ2v) is 3.63. The lowest BCUT2D eigenvalue weighted by atomic mass is 10.1. The Morgan fingerprint density at radius 1 is 1.38 bits per heavy atom. The van der Waals surface area contributed by atoms with Crippen LogP contribution in [0, 0.1) is 6.20 Å². The van der Waals surface area contributed by atoms with E-state index in [0.717, 1.165) is 18.8 Å². The van der Waals surface area contributed by atoms with E-state index >= 15 is 0 Å². The number of imidazole rings is 1. The number of H-pyrrole nitrogens is 1. The molecule has 3 nitrogen and oxygen atoms in total. The Bertz CT molecular complexity index is 224. The van der Waals surface area contributed by atoms with Gasteiger partial charge in [0, 0.05) is 19.2 Å². The SMILES string of the molecule is [c]1c[nH]c(CCN2CCCCC2)n1. The Morgan fingerprint density at radius 2 is 2.23 bits per heavy atom. The van der Waals surface area contributed by atoms with Crippen molar-refractivity contribution in [2.45, 2.75) is 25.7 Å². The largest absolute Gasteiger partial charge is 0.348 e. The van der Waals surface area contributed by atoms with Crippen LogP contribution in [0.25, 0.3) is 0 Å². The van der Waals surface area contributed by atoms with Crippen molar-refractivity contribution in [2.24, 2.45) is 0 Å². The number of nitrogens with zero attached hydrogens (tertiary/aromatic N) is 2. The summed E-state index contributed by atoms with van der Waals surface area (Å²) >= 11 is 0. The fourth-order valence-corrected chi connectivity index (χ4v) is 1.83. The maximum atomic E-state index is 4.09. The van der Waals surface area contributed by atoms with Crippen LogP contribution in [0.2, 0.25) is 0 Å². The molecule has 1 aliphatic heterocycles. The Balaban J connectivity index is 1.72. The fourth-order valence-electron chi connectivity index (χ4n) is 1.83. The highest BCUT2D eigenvalue weighted by molar-refractivity contribution is 4.86. The van der Waals surface area contributed by atoms with Gasteiger partial charge >= 0.3 is 0 Å². The van der Waals surface area contributed by atoms with Gasteiger partial charge in [0.05, 0.1) is 0 Å². The summed E-state index contributed by atoms with van der Waals surface area (Å²) in [4.78, 5) is 9.70. The molecule has 1 N–H and O–H groups in total. The molecule has 0 saturated carbocycles. The van der Waals surface area contributed by atoms with Gasteiger partial charge in [-0.2, -0.15) is 0 Å². The third-order valence-corrected chi connectivity index (χ3v) is 2.62. The standard InChI is InChI=1S/C10H16N3/c1-2-7-13(8-3-1)9-4-10-11-5-6-12-10/h5H,1-4,7-9H2,(H,11,12). The first kappa shape index (κ1) is 8.75. The minimum Gasteiger partial charge on any atom is -0.348 e. The summed E-state index contributed by atoms with van der Waals surface area (Å²) in [5, 5.41) is 0. The third-order valence-electron chi connectivity index (χ3n) is 2.62. The average Bonchev–Trinajstić information content (AvgIpc) is 2.69. The van der Waals surface area contributed by atoms with E-state index in [-0.39, 0.29) is 0 Å². The van der Waals surface area contributed by atoms with E-state index in [2.05, 4.69) is 21.1 Å². The summed E-state index contributed by atoms with van der Waals surface area (Å²) in [6.45, 7) is 3.68. The molecule has 1 aliphatic rings. The van der Waals surface area contributed by atoms with Crippen molar-refractivity contribution < 1.29 is 0 Å². The molecule has 0 amide bonds. The van der Waals surface area contributed by atoms with Gasteiger partial charge in [0.15, 0.2) is 0 Å². The lowest BCUT2D eigenvalue weighted by molar-refractivity contribution is 0.230. The maximum absolute atomic E-state index is 4.09. The van der Waals surface area contributed by atoms with Gasteiger partial charge in [-0.1, -0.05) is 6.42 Å². The first-order chi connectivity index (χ1) is 6.45. The van der Waals surface area contributed by atoms with Crippen LogP contribution >= 0.6 is 0 Å². The van der Waals surface area contributed by atoms with Gasteiger partial charge in [-0.05, 0) is 25.9 Å². The van der Waals surface area contributed by atoms with E-state index in [4.69, 9.17) is 0 Å². The molecule has 1 aromatic rings. The zero-order valence-electron chi connectivity index (χ0n) is 7.92. The number of rotatable bonds is 3. The zero-order valence-corrected chi connectivity index (χ0v) is 7.92. The molecule has 0 aliphatic carbocycles. The topological polar surface area (TPSA) is 31.9 Å². The van der Waals surface area contributed by atoms with E-state index in [1.54, 1.807) is 6.20 Å². The van der Waals surface area contributed by atoms with Crippen molar-refractivity contribution in [3.63, 3.8) is 0 Å². The second kappa shape index (κ2) is 4.42. The Kier molecular flexibility index (Phi) is 2.98. The molecule has 1 saturated heterocycles. The highest BCUT2D eigenvalue weighted by atomic mass is 15.1. The van der Waals surface area contributed by atoms with Crippen LogP contribution in [-0.2, 0) is 6.42 Å². The second-order valence-electron chi connectivity index (χ2n) is 3.63. The summed E-state index contributed by atoms with van der Waals surface area (Å²) in [5.74, 6) is 1.06. The number of piperidine rings is 1. The molecule has 1 radical (unpaired) electrons. The zero-order chi connectivity index (χ0) is 8.93. The van der Waals surface area contributed by atoms with Crippen molar-refractivity contribution >= 4 is 0 Å². The molecule has 0 bridgehead atoms. The number of nitrogens with one attached hydrogen (secondary N) is 1. The molecular formula is C10H16N3. The van der Waals surface area contributed by atoms with Crippen LogP contribution in [0.3, 0.4) is 0 Å².